The third kappa shape index (κ3) is 1930. The third-order valence-electron chi connectivity index (χ3n) is 0. The Labute approximate surface area is 29.5 Å². The fraction of sp³-hybridized carbons (Fsp3) is 0. The molecule has 0 bridgehead atoms. The van der Waals surface area contributed by atoms with E-state index in [0.29, 0.717) is 0 Å². The fourth-order valence-corrected chi connectivity index (χ4v) is 0. The summed E-state index contributed by atoms with van der Waals surface area (Å²) in [5.74, 6) is 0. The molecule has 0 aliphatic heterocycles. The van der Waals surface area contributed by atoms with Gasteiger partial charge in [0.05, 0.1) is 0 Å². The Morgan fingerprint density at radius 2 is 1.20 bits per heavy atom. The molecular formula is CoF3O. The van der Waals surface area contributed by atoms with Gasteiger partial charge in [-0.3, -0.25) is 0 Å². The molecule has 5 heteroatoms. The quantitative estimate of drug-likeness (QED) is 0.482. The monoisotopic (exact) mass is 132 g/mol. The normalized spacial score (nSPS) is 15.0. The zero-order valence-corrected chi connectivity index (χ0v) is 2.92. The molecule has 0 aromatic heterocycles. The number of halogens is 3. The Hall–Kier alpha value is 0.0965. The second-order valence-electron chi connectivity index (χ2n) is 0.297. The van der Waals surface area contributed by atoms with Gasteiger partial charge < -0.3 is 0 Å². The molecule has 0 aromatic rings. The van der Waals surface area contributed by atoms with Crippen LogP contribution in [-0.4, -0.2) is 0 Å². The van der Waals surface area contributed by atoms with E-state index >= 15 is 0 Å². The second kappa shape index (κ2) is 1.06. The van der Waals surface area contributed by atoms with Crippen LogP contribution in [0.1, 0.15) is 0 Å². The standard InChI is InChI=1S/Co.3FH.O/h;3*1H;/q+3;;;;/p-3. The molecule has 0 heterocycles. The molecular weight excluding hydrogens is 132 g/mol. The molecule has 0 saturated carbocycles. The van der Waals surface area contributed by atoms with Crippen LogP contribution in [0.25, 0.3) is 0 Å². The van der Waals surface area contributed by atoms with Crippen molar-refractivity contribution in [1.29, 1.82) is 0 Å². The molecule has 0 fully saturated rings. The molecule has 1 nitrogen and oxygen atoms in total. The van der Waals surface area contributed by atoms with Gasteiger partial charge in [-0.05, 0) is 0 Å². The summed E-state index contributed by atoms with van der Waals surface area (Å²) >= 11 is -6.12. The summed E-state index contributed by atoms with van der Waals surface area (Å²) in [4.78, 5) is 0. The van der Waals surface area contributed by atoms with Gasteiger partial charge in [-0.1, -0.05) is 0 Å². The first-order chi connectivity index (χ1) is 2.00. The average Bonchev–Trinajstić information content (AvgIpc) is 0.722. The number of rotatable bonds is 0. The molecule has 0 radical (unpaired) electrons. The summed E-state index contributed by atoms with van der Waals surface area (Å²) < 4.78 is 37.9. The van der Waals surface area contributed by atoms with Crippen molar-refractivity contribution in [3.8, 4) is 0 Å². The van der Waals surface area contributed by atoms with Crippen LogP contribution < -0.4 is 0 Å². The van der Waals surface area contributed by atoms with E-state index < -0.39 is 13.9 Å². The summed E-state index contributed by atoms with van der Waals surface area (Å²) in [7, 11) is 0. The van der Waals surface area contributed by atoms with Crippen molar-refractivity contribution >= 4 is 0 Å². The van der Waals surface area contributed by atoms with Gasteiger partial charge in [0.2, 0.25) is 0 Å². The average molecular weight is 132 g/mol. The maximum atomic E-state index is 9.91. The van der Waals surface area contributed by atoms with E-state index in [2.05, 4.69) is 0 Å². The molecule has 0 unspecified atom stereocenters. The van der Waals surface area contributed by atoms with E-state index in [-0.39, 0.29) is 0 Å². The Balaban J connectivity index is 3.47. The van der Waals surface area contributed by atoms with Gasteiger partial charge in [0.25, 0.3) is 0 Å². The predicted molar refractivity (Wildman–Crippen MR) is 4.01 cm³/mol. The molecule has 0 atom stereocenters. The zero-order chi connectivity index (χ0) is 4.50. The van der Waals surface area contributed by atoms with Crippen LogP contribution >= 0.6 is 0 Å². The molecule has 0 rings (SSSR count). The first-order valence-corrected chi connectivity index (χ1v) is 2.12. The minimum absolute atomic E-state index is 6.12. The van der Waals surface area contributed by atoms with Crippen LogP contribution in [0, 0.1) is 0 Å². The maximum absolute atomic E-state index is 9.91. The molecule has 0 N–H and O–H groups in total. The molecule has 5 heavy (non-hydrogen) atoms. The van der Waals surface area contributed by atoms with Crippen molar-refractivity contribution in [2.75, 3.05) is 0 Å². The van der Waals surface area contributed by atoms with Gasteiger partial charge in [0.1, 0.15) is 0 Å². The molecule has 36 valence electrons. The van der Waals surface area contributed by atoms with Crippen molar-refractivity contribution in [2.45, 2.75) is 0 Å². The first-order valence-electron chi connectivity index (χ1n) is 0.514. The van der Waals surface area contributed by atoms with E-state index in [1.165, 1.54) is 0 Å². The molecule has 0 spiro atoms. The summed E-state index contributed by atoms with van der Waals surface area (Å²) in [6.45, 7) is 0. The van der Waals surface area contributed by atoms with Crippen LogP contribution in [-0.2, 0) is 17.8 Å². The molecule has 0 aliphatic rings. The van der Waals surface area contributed by atoms with Crippen molar-refractivity contribution in [3.05, 3.63) is 0 Å². The van der Waals surface area contributed by atoms with Crippen molar-refractivity contribution < 1.29 is 28.5 Å². The minimum atomic E-state index is -6.12. The molecule has 0 saturated heterocycles. The van der Waals surface area contributed by atoms with E-state index in [1.54, 1.807) is 0 Å². The van der Waals surface area contributed by atoms with Gasteiger partial charge in [0.15, 0.2) is 0 Å². The summed E-state index contributed by atoms with van der Waals surface area (Å²) in [5.41, 5.74) is 0. The first kappa shape index (κ1) is 5.10. The Morgan fingerprint density at radius 3 is 1.20 bits per heavy atom. The van der Waals surface area contributed by atoms with E-state index in [9.17, 15) is 10.7 Å². The van der Waals surface area contributed by atoms with Crippen LogP contribution in [0.3, 0.4) is 0 Å². The SMILES string of the molecule is [O]=[Co]([F])([F])[F]. The molecule has 0 amide bonds. The Kier molecular flexibility index (Phi) is 1.08. The molecule has 0 aromatic carbocycles. The van der Waals surface area contributed by atoms with Gasteiger partial charge in [-0.25, -0.2) is 0 Å². The van der Waals surface area contributed by atoms with Crippen molar-refractivity contribution in [1.82, 2.24) is 0 Å². The zero-order valence-electron chi connectivity index (χ0n) is 1.88. The van der Waals surface area contributed by atoms with Gasteiger partial charge in [0, 0.05) is 0 Å². The van der Waals surface area contributed by atoms with E-state index in [1.807, 2.05) is 0 Å². The Morgan fingerprint density at radius 1 is 1.20 bits per heavy atom. The van der Waals surface area contributed by atoms with Crippen molar-refractivity contribution in [2.24, 2.45) is 0 Å². The van der Waals surface area contributed by atoms with Crippen LogP contribution in [0.2, 0.25) is 0 Å². The topological polar surface area (TPSA) is 17.1 Å². The van der Waals surface area contributed by atoms with Crippen LogP contribution in [0.15, 0.2) is 0 Å². The number of hydrogen-bond donors (Lipinski definition) is 0. The van der Waals surface area contributed by atoms with Gasteiger partial charge in [-0.15, -0.1) is 0 Å². The van der Waals surface area contributed by atoms with Gasteiger partial charge >= 0.3 is 28.5 Å². The summed E-state index contributed by atoms with van der Waals surface area (Å²) in [6, 6.07) is 0. The van der Waals surface area contributed by atoms with E-state index in [0.717, 1.165) is 0 Å². The van der Waals surface area contributed by atoms with Crippen LogP contribution in [0.4, 0.5) is 10.7 Å². The second-order valence-corrected chi connectivity index (χ2v) is 1.23. The summed E-state index contributed by atoms with van der Waals surface area (Å²) in [5, 5.41) is 0. The van der Waals surface area contributed by atoms with Gasteiger partial charge in [-0.2, -0.15) is 0 Å². The third-order valence-corrected chi connectivity index (χ3v) is 0. The van der Waals surface area contributed by atoms with E-state index in [4.69, 9.17) is 3.87 Å². The predicted octanol–water partition coefficient (Wildman–Crippen LogP) is 1.14. The van der Waals surface area contributed by atoms with Crippen LogP contribution in [0.5, 0.6) is 0 Å². The fourth-order valence-electron chi connectivity index (χ4n) is 0. The Bertz CT molecular complexity index is 53.0. The molecule has 0 aliphatic carbocycles. The van der Waals surface area contributed by atoms with Crippen molar-refractivity contribution in [3.63, 3.8) is 0 Å². The number of hydrogen-bond acceptors (Lipinski definition) is 1. The summed E-state index contributed by atoms with van der Waals surface area (Å²) in [6.07, 6.45) is 0.